The number of hydrogen-bond acceptors (Lipinski definition) is 4. The fourth-order valence-corrected chi connectivity index (χ4v) is 3.53. The zero-order chi connectivity index (χ0) is 19.2. The lowest BCUT2D eigenvalue weighted by atomic mass is 10.1. The van der Waals surface area contributed by atoms with Gasteiger partial charge in [-0.3, -0.25) is 14.6 Å². The van der Waals surface area contributed by atoms with Crippen molar-refractivity contribution in [3.8, 4) is 5.75 Å². The molecular weight excluding hydrogens is 338 g/mol. The number of hydrogen-bond donors (Lipinski definition) is 1. The van der Waals surface area contributed by atoms with Crippen LogP contribution >= 0.6 is 0 Å². The lowest BCUT2D eigenvalue weighted by molar-refractivity contribution is -0.121. The van der Waals surface area contributed by atoms with Crippen LogP contribution in [0, 0.1) is 6.92 Å². The van der Waals surface area contributed by atoms with Gasteiger partial charge in [0.25, 0.3) is 0 Å². The molecule has 0 aromatic heterocycles. The number of methoxy groups -OCH3 is 1. The van der Waals surface area contributed by atoms with Crippen molar-refractivity contribution in [1.29, 1.82) is 0 Å². The fraction of sp³-hybridized carbons (Fsp3) is 0.409. The summed E-state index contributed by atoms with van der Waals surface area (Å²) in [6, 6.07) is 16.0. The van der Waals surface area contributed by atoms with Crippen molar-refractivity contribution < 1.29 is 9.53 Å². The Hall–Kier alpha value is -2.37. The average Bonchev–Trinajstić information content (AvgIpc) is 2.68. The molecule has 27 heavy (non-hydrogen) atoms. The van der Waals surface area contributed by atoms with E-state index < -0.39 is 0 Å². The van der Waals surface area contributed by atoms with E-state index in [1.54, 1.807) is 7.11 Å². The van der Waals surface area contributed by atoms with Crippen LogP contribution in [0.15, 0.2) is 48.5 Å². The molecule has 144 valence electrons. The Balaban J connectivity index is 1.51. The number of carbonyl (C=O) groups is 1. The Morgan fingerprint density at radius 3 is 2.56 bits per heavy atom. The summed E-state index contributed by atoms with van der Waals surface area (Å²) in [6.07, 6.45) is 0. The van der Waals surface area contributed by atoms with Crippen LogP contribution in [0.3, 0.4) is 0 Å². The summed E-state index contributed by atoms with van der Waals surface area (Å²) >= 11 is 0. The Morgan fingerprint density at radius 1 is 1.11 bits per heavy atom. The highest BCUT2D eigenvalue weighted by molar-refractivity contribution is 5.95. The SMILES string of the molecule is COc1ccccc1NC(=O)[C@@H](C)N1CCN(Cc2cccc(C)c2)CC1. The highest BCUT2D eigenvalue weighted by atomic mass is 16.5. The monoisotopic (exact) mass is 367 g/mol. The summed E-state index contributed by atoms with van der Waals surface area (Å²) in [7, 11) is 1.61. The molecule has 1 saturated heterocycles. The Morgan fingerprint density at radius 2 is 1.85 bits per heavy atom. The molecule has 1 heterocycles. The van der Waals surface area contributed by atoms with Crippen LogP contribution < -0.4 is 10.1 Å². The largest absolute Gasteiger partial charge is 0.495 e. The van der Waals surface area contributed by atoms with Gasteiger partial charge in [0.1, 0.15) is 5.75 Å². The molecule has 1 amide bonds. The Kier molecular flexibility index (Phi) is 6.48. The van der Waals surface area contributed by atoms with E-state index in [1.807, 2.05) is 31.2 Å². The van der Waals surface area contributed by atoms with Crippen LogP contribution in [-0.2, 0) is 11.3 Å². The predicted molar refractivity (Wildman–Crippen MR) is 109 cm³/mol. The molecular formula is C22H29N3O2. The molecule has 0 radical (unpaired) electrons. The summed E-state index contributed by atoms with van der Waals surface area (Å²) < 4.78 is 5.32. The standard InChI is InChI=1S/C22H29N3O2/c1-17-7-6-8-19(15-17)16-24-11-13-25(14-12-24)18(2)22(26)23-20-9-4-5-10-21(20)27-3/h4-10,15,18H,11-14,16H2,1-3H3,(H,23,26)/t18-/m1/s1. The third kappa shape index (κ3) is 5.08. The lowest BCUT2D eigenvalue weighted by Gasteiger charge is -2.37. The average molecular weight is 367 g/mol. The number of nitrogens with zero attached hydrogens (tertiary/aromatic N) is 2. The van der Waals surface area contributed by atoms with Gasteiger partial charge in [0.05, 0.1) is 18.8 Å². The number of rotatable bonds is 6. The molecule has 5 heteroatoms. The quantitative estimate of drug-likeness (QED) is 0.852. The summed E-state index contributed by atoms with van der Waals surface area (Å²) in [5.74, 6) is 0.688. The van der Waals surface area contributed by atoms with E-state index in [0.29, 0.717) is 5.75 Å². The second-order valence-electron chi connectivity index (χ2n) is 7.17. The third-order valence-corrected chi connectivity index (χ3v) is 5.19. The van der Waals surface area contributed by atoms with Gasteiger partial charge in [-0.25, -0.2) is 0 Å². The van der Waals surface area contributed by atoms with E-state index >= 15 is 0 Å². The summed E-state index contributed by atoms with van der Waals surface area (Å²) in [6.45, 7) is 8.81. The normalized spacial score (nSPS) is 16.7. The first kappa shape index (κ1) is 19.4. The maximum atomic E-state index is 12.7. The molecule has 5 nitrogen and oxygen atoms in total. The minimum atomic E-state index is -0.170. The molecule has 0 unspecified atom stereocenters. The van der Waals surface area contributed by atoms with Gasteiger partial charge in [0.2, 0.25) is 5.91 Å². The summed E-state index contributed by atoms with van der Waals surface area (Å²) in [5.41, 5.74) is 3.37. The van der Waals surface area contributed by atoms with Gasteiger partial charge in [-0.2, -0.15) is 0 Å². The molecule has 0 saturated carbocycles. The second kappa shape index (κ2) is 9.02. The van der Waals surface area contributed by atoms with Crippen molar-refractivity contribution in [2.24, 2.45) is 0 Å². The molecule has 1 aliphatic heterocycles. The molecule has 2 aromatic rings. The molecule has 1 aliphatic rings. The number of amides is 1. The number of para-hydroxylation sites is 2. The van der Waals surface area contributed by atoms with Crippen LogP contribution in [0.25, 0.3) is 0 Å². The number of aryl methyl sites for hydroxylation is 1. The number of nitrogens with one attached hydrogen (secondary N) is 1. The van der Waals surface area contributed by atoms with Crippen LogP contribution in [0.1, 0.15) is 18.1 Å². The molecule has 0 aliphatic carbocycles. The van der Waals surface area contributed by atoms with Crippen molar-refractivity contribution in [2.45, 2.75) is 26.4 Å². The topological polar surface area (TPSA) is 44.8 Å². The number of anilines is 1. The Bertz CT molecular complexity index is 770. The van der Waals surface area contributed by atoms with E-state index in [1.165, 1.54) is 11.1 Å². The lowest BCUT2D eigenvalue weighted by Crippen LogP contribution is -2.52. The zero-order valence-corrected chi connectivity index (χ0v) is 16.4. The van der Waals surface area contributed by atoms with Crippen LogP contribution in [-0.4, -0.2) is 55.0 Å². The van der Waals surface area contributed by atoms with Gasteiger partial charge in [-0.15, -0.1) is 0 Å². The van der Waals surface area contributed by atoms with Gasteiger partial charge in [0, 0.05) is 32.7 Å². The van der Waals surface area contributed by atoms with Gasteiger partial charge in [0.15, 0.2) is 0 Å². The maximum absolute atomic E-state index is 12.7. The first-order valence-corrected chi connectivity index (χ1v) is 9.52. The number of ether oxygens (including phenoxy) is 1. The van der Waals surface area contributed by atoms with Crippen molar-refractivity contribution in [2.75, 3.05) is 38.6 Å². The van der Waals surface area contributed by atoms with E-state index in [-0.39, 0.29) is 11.9 Å². The minimum absolute atomic E-state index is 0.00614. The van der Waals surface area contributed by atoms with Crippen LogP contribution in [0.4, 0.5) is 5.69 Å². The minimum Gasteiger partial charge on any atom is -0.495 e. The summed E-state index contributed by atoms with van der Waals surface area (Å²) in [4.78, 5) is 17.4. The van der Waals surface area contributed by atoms with Crippen LogP contribution in [0.5, 0.6) is 5.75 Å². The number of piperazine rings is 1. The summed E-state index contributed by atoms with van der Waals surface area (Å²) in [5, 5.41) is 3.00. The number of carbonyl (C=O) groups excluding carboxylic acids is 1. The first-order chi connectivity index (χ1) is 13.1. The fourth-order valence-electron chi connectivity index (χ4n) is 3.53. The molecule has 3 rings (SSSR count). The molecule has 1 N–H and O–H groups in total. The van der Waals surface area contributed by atoms with Gasteiger partial charge in [-0.05, 0) is 31.5 Å². The van der Waals surface area contributed by atoms with Crippen LogP contribution in [0.2, 0.25) is 0 Å². The molecule has 2 aromatic carbocycles. The van der Waals surface area contributed by atoms with Crippen molar-refractivity contribution in [3.63, 3.8) is 0 Å². The van der Waals surface area contributed by atoms with Crippen molar-refractivity contribution in [3.05, 3.63) is 59.7 Å². The van der Waals surface area contributed by atoms with Crippen molar-refractivity contribution >= 4 is 11.6 Å². The second-order valence-corrected chi connectivity index (χ2v) is 7.17. The van der Waals surface area contributed by atoms with E-state index in [9.17, 15) is 4.79 Å². The maximum Gasteiger partial charge on any atom is 0.241 e. The molecule has 1 atom stereocenters. The highest BCUT2D eigenvalue weighted by Crippen LogP contribution is 2.23. The van der Waals surface area contributed by atoms with E-state index in [2.05, 4.69) is 46.3 Å². The number of benzene rings is 2. The molecule has 0 spiro atoms. The predicted octanol–water partition coefficient (Wildman–Crippen LogP) is 3.15. The molecule has 1 fully saturated rings. The third-order valence-electron chi connectivity index (χ3n) is 5.19. The van der Waals surface area contributed by atoms with Gasteiger partial charge in [-0.1, -0.05) is 42.0 Å². The zero-order valence-electron chi connectivity index (χ0n) is 16.4. The Labute approximate surface area is 161 Å². The van der Waals surface area contributed by atoms with Crippen molar-refractivity contribution in [1.82, 2.24) is 9.80 Å². The smallest absolute Gasteiger partial charge is 0.241 e. The van der Waals surface area contributed by atoms with E-state index in [0.717, 1.165) is 38.4 Å². The van der Waals surface area contributed by atoms with E-state index in [4.69, 9.17) is 4.74 Å². The molecule has 0 bridgehead atoms. The highest BCUT2D eigenvalue weighted by Gasteiger charge is 2.26. The van der Waals surface area contributed by atoms with Gasteiger partial charge < -0.3 is 10.1 Å². The first-order valence-electron chi connectivity index (χ1n) is 9.52. The van der Waals surface area contributed by atoms with Gasteiger partial charge >= 0.3 is 0 Å².